The smallest absolute Gasteiger partial charge is 0.00430 e. The Labute approximate surface area is 112 Å². The van der Waals surface area contributed by atoms with Gasteiger partial charge in [-0.1, -0.05) is 38.1 Å². The molecule has 1 nitrogen and oxygen atoms in total. The zero-order valence-electron chi connectivity index (χ0n) is 12.0. The molecule has 1 fully saturated rings. The molecule has 0 amide bonds. The molecule has 0 radical (unpaired) electrons. The maximum Gasteiger partial charge on any atom is -0.00430 e. The Balaban J connectivity index is 2.24. The molecule has 3 unspecified atom stereocenters. The summed E-state index contributed by atoms with van der Waals surface area (Å²) >= 11 is 0. The van der Waals surface area contributed by atoms with Crippen LogP contribution in [0, 0.1) is 24.7 Å². The first-order valence-electron chi connectivity index (χ1n) is 7.39. The number of nitrogens with two attached hydrogens (primary N) is 1. The second kappa shape index (κ2) is 5.88. The molecule has 2 rings (SSSR count). The molecule has 100 valence electrons. The van der Waals surface area contributed by atoms with Gasteiger partial charge in [0, 0.05) is 0 Å². The minimum Gasteiger partial charge on any atom is -0.330 e. The summed E-state index contributed by atoms with van der Waals surface area (Å²) in [6.45, 7) is 7.80. The summed E-state index contributed by atoms with van der Waals surface area (Å²) in [5.74, 6) is 3.03. The summed E-state index contributed by atoms with van der Waals surface area (Å²) < 4.78 is 0. The fourth-order valence-corrected chi connectivity index (χ4v) is 3.54. The van der Waals surface area contributed by atoms with E-state index in [1.165, 1.54) is 24.8 Å². The monoisotopic (exact) mass is 245 g/mol. The lowest BCUT2D eigenvalue weighted by Crippen LogP contribution is -2.31. The summed E-state index contributed by atoms with van der Waals surface area (Å²) in [5.41, 5.74) is 8.98. The topological polar surface area (TPSA) is 26.0 Å². The Morgan fingerprint density at radius 1 is 1.22 bits per heavy atom. The number of aryl methyl sites for hydroxylation is 1. The summed E-state index contributed by atoms with van der Waals surface area (Å²) in [6, 6.07) is 8.86. The Morgan fingerprint density at radius 3 is 2.56 bits per heavy atom. The summed E-state index contributed by atoms with van der Waals surface area (Å²) in [6.07, 6.45) is 3.99. The van der Waals surface area contributed by atoms with E-state index in [2.05, 4.69) is 45.0 Å². The molecular weight excluding hydrogens is 218 g/mol. The summed E-state index contributed by atoms with van der Waals surface area (Å²) in [4.78, 5) is 0. The fourth-order valence-electron chi connectivity index (χ4n) is 3.54. The van der Waals surface area contributed by atoms with Gasteiger partial charge in [0.25, 0.3) is 0 Å². The zero-order chi connectivity index (χ0) is 13.1. The van der Waals surface area contributed by atoms with Crippen molar-refractivity contribution in [3.8, 4) is 0 Å². The van der Waals surface area contributed by atoms with Gasteiger partial charge in [-0.25, -0.2) is 0 Å². The lowest BCUT2D eigenvalue weighted by Gasteiger charge is -2.38. The van der Waals surface area contributed by atoms with E-state index in [4.69, 9.17) is 5.73 Å². The van der Waals surface area contributed by atoms with Crippen LogP contribution in [0.4, 0.5) is 0 Å². The van der Waals surface area contributed by atoms with Gasteiger partial charge in [0.1, 0.15) is 0 Å². The molecule has 2 N–H and O–H groups in total. The maximum atomic E-state index is 6.00. The molecule has 0 bridgehead atoms. The number of rotatable bonds is 3. The van der Waals surface area contributed by atoms with E-state index < -0.39 is 0 Å². The first-order chi connectivity index (χ1) is 8.63. The van der Waals surface area contributed by atoms with Crippen LogP contribution in [-0.4, -0.2) is 6.54 Å². The zero-order valence-corrected chi connectivity index (χ0v) is 12.0. The highest BCUT2D eigenvalue weighted by molar-refractivity contribution is 5.30. The van der Waals surface area contributed by atoms with Gasteiger partial charge in [0.15, 0.2) is 0 Å². The van der Waals surface area contributed by atoms with Crippen LogP contribution >= 0.6 is 0 Å². The fraction of sp³-hybridized carbons (Fsp3) is 0.647. The maximum absolute atomic E-state index is 6.00. The lowest BCUT2D eigenvalue weighted by molar-refractivity contribution is 0.197. The third kappa shape index (κ3) is 2.77. The Morgan fingerprint density at radius 2 is 1.94 bits per heavy atom. The van der Waals surface area contributed by atoms with Crippen molar-refractivity contribution in [2.45, 2.75) is 46.0 Å². The van der Waals surface area contributed by atoms with Crippen LogP contribution in [-0.2, 0) is 0 Å². The molecule has 0 spiro atoms. The first-order valence-corrected chi connectivity index (χ1v) is 7.39. The molecule has 1 aliphatic carbocycles. The van der Waals surface area contributed by atoms with Crippen LogP contribution in [0.1, 0.15) is 50.2 Å². The van der Waals surface area contributed by atoms with Crippen LogP contribution in [0.15, 0.2) is 24.3 Å². The van der Waals surface area contributed by atoms with E-state index in [9.17, 15) is 0 Å². The summed E-state index contributed by atoms with van der Waals surface area (Å²) in [7, 11) is 0. The Hall–Kier alpha value is -0.820. The van der Waals surface area contributed by atoms with Crippen molar-refractivity contribution >= 4 is 0 Å². The molecule has 1 aromatic carbocycles. The second-order valence-corrected chi connectivity index (χ2v) is 6.28. The van der Waals surface area contributed by atoms with Crippen LogP contribution in [0.25, 0.3) is 0 Å². The minimum atomic E-state index is 0.678. The average Bonchev–Trinajstić information content (AvgIpc) is 2.38. The van der Waals surface area contributed by atoms with Crippen LogP contribution in [0.2, 0.25) is 0 Å². The molecule has 0 aliphatic heterocycles. The van der Waals surface area contributed by atoms with E-state index in [-0.39, 0.29) is 0 Å². The van der Waals surface area contributed by atoms with Crippen LogP contribution in [0.5, 0.6) is 0 Å². The number of hydrogen-bond donors (Lipinski definition) is 1. The minimum absolute atomic E-state index is 0.678. The van der Waals surface area contributed by atoms with Crippen molar-refractivity contribution in [3.63, 3.8) is 0 Å². The summed E-state index contributed by atoms with van der Waals surface area (Å²) in [5, 5.41) is 0. The number of hydrogen-bond acceptors (Lipinski definition) is 1. The average molecular weight is 245 g/mol. The Bertz CT molecular complexity index is 383. The van der Waals surface area contributed by atoms with Crippen molar-refractivity contribution in [3.05, 3.63) is 35.4 Å². The quantitative estimate of drug-likeness (QED) is 0.852. The standard InChI is InChI=1S/C17H27N/c1-12(2)14-8-9-15(11-18)17(10-14)16-7-5-4-6-13(16)3/h4-7,12,14-15,17H,8-11,18H2,1-3H3. The van der Waals surface area contributed by atoms with Crippen molar-refractivity contribution in [1.82, 2.24) is 0 Å². The van der Waals surface area contributed by atoms with Gasteiger partial charge in [-0.15, -0.1) is 0 Å². The van der Waals surface area contributed by atoms with Crippen molar-refractivity contribution < 1.29 is 0 Å². The predicted octanol–water partition coefficient (Wildman–Crippen LogP) is 4.11. The lowest BCUT2D eigenvalue weighted by atomic mass is 9.67. The molecule has 0 aromatic heterocycles. The second-order valence-electron chi connectivity index (χ2n) is 6.28. The highest BCUT2D eigenvalue weighted by Crippen LogP contribution is 2.43. The highest BCUT2D eigenvalue weighted by Gasteiger charge is 2.32. The van der Waals surface area contributed by atoms with Gasteiger partial charge in [-0.05, 0) is 67.5 Å². The molecule has 1 saturated carbocycles. The van der Waals surface area contributed by atoms with E-state index in [0.717, 1.165) is 18.4 Å². The molecule has 3 atom stereocenters. The van der Waals surface area contributed by atoms with Gasteiger partial charge in [-0.2, -0.15) is 0 Å². The number of benzene rings is 1. The van der Waals surface area contributed by atoms with Crippen molar-refractivity contribution in [2.24, 2.45) is 23.5 Å². The van der Waals surface area contributed by atoms with E-state index >= 15 is 0 Å². The molecular formula is C17H27N. The third-order valence-electron chi connectivity index (χ3n) is 4.87. The first kappa shape index (κ1) is 13.6. The molecule has 0 heterocycles. The predicted molar refractivity (Wildman–Crippen MR) is 78.6 cm³/mol. The molecule has 1 aliphatic rings. The van der Waals surface area contributed by atoms with Crippen LogP contribution in [0.3, 0.4) is 0 Å². The molecule has 1 heteroatoms. The Kier molecular flexibility index (Phi) is 4.45. The van der Waals surface area contributed by atoms with E-state index in [1.54, 1.807) is 5.56 Å². The normalized spacial score (nSPS) is 28.6. The molecule has 0 saturated heterocycles. The van der Waals surface area contributed by atoms with Crippen molar-refractivity contribution in [1.29, 1.82) is 0 Å². The highest BCUT2D eigenvalue weighted by atomic mass is 14.6. The van der Waals surface area contributed by atoms with Gasteiger partial charge in [0.2, 0.25) is 0 Å². The van der Waals surface area contributed by atoms with E-state index in [1.807, 2.05) is 0 Å². The largest absolute Gasteiger partial charge is 0.330 e. The van der Waals surface area contributed by atoms with Gasteiger partial charge >= 0.3 is 0 Å². The van der Waals surface area contributed by atoms with Gasteiger partial charge < -0.3 is 5.73 Å². The van der Waals surface area contributed by atoms with Gasteiger partial charge in [0.05, 0.1) is 0 Å². The molecule has 18 heavy (non-hydrogen) atoms. The third-order valence-corrected chi connectivity index (χ3v) is 4.87. The van der Waals surface area contributed by atoms with Crippen LogP contribution < -0.4 is 5.73 Å². The van der Waals surface area contributed by atoms with E-state index in [0.29, 0.717) is 11.8 Å². The van der Waals surface area contributed by atoms with Gasteiger partial charge in [-0.3, -0.25) is 0 Å². The molecule has 1 aromatic rings. The van der Waals surface area contributed by atoms with Crippen molar-refractivity contribution in [2.75, 3.05) is 6.54 Å². The SMILES string of the molecule is Cc1ccccc1C1CC(C(C)C)CCC1CN.